The van der Waals surface area contributed by atoms with Gasteiger partial charge in [0.1, 0.15) is 0 Å². The van der Waals surface area contributed by atoms with Gasteiger partial charge in [0.2, 0.25) is 5.91 Å². The zero-order chi connectivity index (χ0) is 13.8. The summed E-state index contributed by atoms with van der Waals surface area (Å²) < 4.78 is 0. The molecule has 100 valence electrons. The number of aromatic nitrogens is 1. The van der Waals surface area contributed by atoms with E-state index in [0.717, 1.165) is 22.2 Å². The fourth-order valence-electron chi connectivity index (χ4n) is 2.08. The van der Waals surface area contributed by atoms with Crippen molar-refractivity contribution in [1.82, 2.24) is 10.3 Å². The highest BCUT2D eigenvalue weighted by Crippen LogP contribution is 2.24. The van der Waals surface area contributed by atoms with Gasteiger partial charge in [0.25, 0.3) is 0 Å². The second-order valence-electron chi connectivity index (χ2n) is 4.78. The second kappa shape index (κ2) is 5.80. The fraction of sp³-hybridized carbons (Fsp3) is 0.333. The van der Waals surface area contributed by atoms with Crippen LogP contribution in [0.3, 0.4) is 0 Å². The molecule has 0 spiro atoms. The summed E-state index contributed by atoms with van der Waals surface area (Å²) in [6, 6.07) is 7.78. The Kier molecular flexibility index (Phi) is 4.12. The van der Waals surface area contributed by atoms with Crippen LogP contribution in [0.4, 0.5) is 5.69 Å². The van der Waals surface area contributed by atoms with Gasteiger partial charge in [-0.25, -0.2) is 0 Å². The van der Waals surface area contributed by atoms with Gasteiger partial charge in [-0.2, -0.15) is 0 Å². The Hall–Kier alpha value is -1.94. The summed E-state index contributed by atoms with van der Waals surface area (Å²) in [5.41, 5.74) is 2.86. The maximum atomic E-state index is 12.1. The molecule has 2 aromatic rings. The highest BCUT2D eigenvalue weighted by Gasteiger charge is 2.13. The second-order valence-corrected chi connectivity index (χ2v) is 4.78. The van der Waals surface area contributed by atoms with Crippen LogP contribution in [0.1, 0.15) is 12.5 Å². The zero-order valence-electron chi connectivity index (χ0n) is 11.5. The molecule has 0 saturated heterocycles. The summed E-state index contributed by atoms with van der Waals surface area (Å²) in [5.74, 6) is -0.0543. The Labute approximate surface area is 113 Å². The van der Waals surface area contributed by atoms with Gasteiger partial charge in [0.05, 0.1) is 11.2 Å². The van der Waals surface area contributed by atoms with Gasteiger partial charge in [0.15, 0.2) is 0 Å². The molecule has 0 fully saturated rings. The molecule has 0 aliphatic carbocycles. The summed E-state index contributed by atoms with van der Waals surface area (Å²) in [4.78, 5) is 16.4. The number of hydrogen-bond acceptors (Lipinski definition) is 3. The topological polar surface area (TPSA) is 54.0 Å². The molecule has 0 radical (unpaired) electrons. The predicted molar refractivity (Wildman–Crippen MR) is 78.2 cm³/mol. The number of carbonyl (C=O) groups is 1. The molecule has 1 heterocycles. The van der Waals surface area contributed by atoms with E-state index in [1.54, 1.807) is 6.20 Å². The van der Waals surface area contributed by atoms with E-state index < -0.39 is 0 Å². The molecule has 0 saturated carbocycles. The number of carbonyl (C=O) groups excluding carboxylic acids is 1. The molecular formula is C15H19N3O. The first-order valence-electron chi connectivity index (χ1n) is 6.43. The molecule has 1 unspecified atom stereocenters. The Morgan fingerprint density at radius 2 is 2.16 bits per heavy atom. The number of amides is 1. The lowest BCUT2D eigenvalue weighted by atomic mass is 10.1. The molecule has 1 aromatic heterocycles. The van der Waals surface area contributed by atoms with Crippen molar-refractivity contribution in [2.75, 3.05) is 18.9 Å². The Balaban J connectivity index is 2.31. The summed E-state index contributed by atoms with van der Waals surface area (Å²) in [6.07, 6.45) is 1.77. The summed E-state index contributed by atoms with van der Waals surface area (Å²) in [6.45, 7) is 4.58. The minimum atomic E-state index is -0.0713. The number of hydrogen-bond donors (Lipinski definition) is 2. The van der Waals surface area contributed by atoms with Crippen molar-refractivity contribution in [3.63, 3.8) is 0 Å². The Bertz CT molecular complexity index is 595. The minimum absolute atomic E-state index is 0.0170. The van der Waals surface area contributed by atoms with E-state index in [2.05, 4.69) is 15.6 Å². The highest BCUT2D eigenvalue weighted by molar-refractivity contribution is 6.02. The minimum Gasteiger partial charge on any atom is -0.325 e. The maximum Gasteiger partial charge on any atom is 0.228 e. The van der Waals surface area contributed by atoms with Crippen LogP contribution in [0.15, 0.2) is 30.5 Å². The quantitative estimate of drug-likeness (QED) is 0.884. The van der Waals surface area contributed by atoms with Crippen molar-refractivity contribution in [1.29, 1.82) is 0 Å². The van der Waals surface area contributed by atoms with Crippen molar-refractivity contribution < 1.29 is 4.79 Å². The van der Waals surface area contributed by atoms with E-state index in [9.17, 15) is 4.79 Å². The monoisotopic (exact) mass is 257 g/mol. The first-order chi connectivity index (χ1) is 9.13. The summed E-state index contributed by atoms with van der Waals surface area (Å²) in [7, 11) is 1.84. The molecule has 0 bridgehead atoms. The molecule has 1 amide bonds. The lowest BCUT2D eigenvalue weighted by molar-refractivity contribution is -0.119. The standard InChI is InChI=1S/C15H19N3O/c1-10-6-7-13(12-5-4-8-17-14(10)12)18-15(19)11(2)9-16-3/h4-8,11,16H,9H2,1-3H3,(H,18,19). The first-order valence-corrected chi connectivity index (χ1v) is 6.43. The van der Waals surface area contributed by atoms with Gasteiger partial charge >= 0.3 is 0 Å². The third-order valence-electron chi connectivity index (χ3n) is 3.19. The molecular weight excluding hydrogens is 238 g/mol. The average Bonchev–Trinajstić information content (AvgIpc) is 2.42. The fourth-order valence-corrected chi connectivity index (χ4v) is 2.08. The third kappa shape index (κ3) is 2.90. The van der Waals surface area contributed by atoms with Crippen LogP contribution in [-0.2, 0) is 4.79 Å². The van der Waals surface area contributed by atoms with Gasteiger partial charge in [-0.1, -0.05) is 13.0 Å². The largest absolute Gasteiger partial charge is 0.325 e. The van der Waals surface area contributed by atoms with Gasteiger partial charge in [-0.3, -0.25) is 9.78 Å². The zero-order valence-corrected chi connectivity index (χ0v) is 11.5. The number of rotatable bonds is 4. The van der Waals surface area contributed by atoms with Crippen molar-refractivity contribution >= 4 is 22.5 Å². The molecule has 4 nitrogen and oxygen atoms in total. The van der Waals surface area contributed by atoms with Crippen LogP contribution in [0.25, 0.3) is 10.9 Å². The van der Waals surface area contributed by atoms with E-state index >= 15 is 0 Å². The van der Waals surface area contributed by atoms with Crippen LogP contribution in [-0.4, -0.2) is 24.5 Å². The van der Waals surface area contributed by atoms with Gasteiger partial charge in [0, 0.05) is 24.0 Å². The van der Waals surface area contributed by atoms with Crippen LogP contribution in [0, 0.1) is 12.8 Å². The van der Waals surface area contributed by atoms with E-state index in [-0.39, 0.29) is 11.8 Å². The van der Waals surface area contributed by atoms with Gasteiger partial charge in [-0.05, 0) is 37.7 Å². The smallest absolute Gasteiger partial charge is 0.228 e. The van der Waals surface area contributed by atoms with E-state index in [4.69, 9.17) is 0 Å². The van der Waals surface area contributed by atoms with Crippen molar-refractivity contribution in [3.05, 3.63) is 36.0 Å². The van der Waals surface area contributed by atoms with Crippen molar-refractivity contribution in [3.8, 4) is 0 Å². The third-order valence-corrected chi connectivity index (χ3v) is 3.19. The van der Waals surface area contributed by atoms with E-state index in [1.165, 1.54) is 0 Å². The van der Waals surface area contributed by atoms with E-state index in [1.807, 2.05) is 45.2 Å². The molecule has 1 aromatic carbocycles. The number of benzene rings is 1. The number of pyridine rings is 1. The van der Waals surface area contributed by atoms with Crippen LogP contribution in [0.2, 0.25) is 0 Å². The number of aryl methyl sites for hydroxylation is 1. The van der Waals surface area contributed by atoms with Gasteiger partial charge < -0.3 is 10.6 Å². The molecule has 1 atom stereocenters. The number of nitrogens with one attached hydrogen (secondary N) is 2. The van der Waals surface area contributed by atoms with Gasteiger partial charge in [-0.15, -0.1) is 0 Å². The summed E-state index contributed by atoms with van der Waals surface area (Å²) in [5, 5.41) is 6.96. The molecule has 2 rings (SSSR count). The van der Waals surface area contributed by atoms with E-state index in [0.29, 0.717) is 6.54 Å². The lowest BCUT2D eigenvalue weighted by Crippen LogP contribution is -2.28. The van der Waals surface area contributed by atoms with Crippen LogP contribution in [0.5, 0.6) is 0 Å². The summed E-state index contributed by atoms with van der Waals surface area (Å²) >= 11 is 0. The van der Waals surface area contributed by atoms with Crippen molar-refractivity contribution in [2.45, 2.75) is 13.8 Å². The normalized spacial score (nSPS) is 12.4. The van der Waals surface area contributed by atoms with Crippen LogP contribution < -0.4 is 10.6 Å². The van der Waals surface area contributed by atoms with Crippen LogP contribution >= 0.6 is 0 Å². The SMILES string of the molecule is CNCC(C)C(=O)Nc1ccc(C)c2ncccc12. The maximum absolute atomic E-state index is 12.1. The number of anilines is 1. The number of nitrogens with zero attached hydrogens (tertiary/aromatic N) is 1. The molecule has 19 heavy (non-hydrogen) atoms. The highest BCUT2D eigenvalue weighted by atomic mass is 16.1. The first kappa shape index (κ1) is 13.5. The predicted octanol–water partition coefficient (Wildman–Crippen LogP) is 2.34. The lowest BCUT2D eigenvalue weighted by Gasteiger charge is -2.13. The molecule has 4 heteroatoms. The molecule has 0 aliphatic heterocycles. The molecule has 0 aliphatic rings. The average molecular weight is 257 g/mol. The Morgan fingerprint density at radius 1 is 1.37 bits per heavy atom. The van der Waals surface area contributed by atoms with Crippen molar-refractivity contribution in [2.24, 2.45) is 5.92 Å². The number of fused-ring (bicyclic) bond motifs is 1. The molecule has 2 N–H and O–H groups in total. The Morgan fingerprint density at radius 3 is 2.89 bits per heavy atom.